The number of nitrogens with one attached hydrogen (secondary N) is 4. The van der Waals surface area contributed by atoms with E-state index in [1.54, 1.807) is 6.20 Å². The molecule has 27 heavy (non-hydrogen) atoms. The summed E-state index contributed by atoms with van der Waals surface area (Å²) in [5, 5.41) is 11.4. The molecule has 0 aliphatic rings. The van der Waals surface area contributed by atoms with E-state index in [1.807, 2.05) is 25.2 Å². The van der Waals surface area contributed by atoms with E-state index in [9.17, 15) is 0 Å². The predicted octanol–water partition coefficient (Wildman–Crippen LogP) is 3.16. The van der Waals surface area contributed by atoms with Crippen molar-refractivity contribution in [2.45, 2.75) is 19.3 Å². The molecule has 2 aromatic heterocycles. The Morgan fingerprint density at radius 1 is 1.00 bits per heavy atom. The molecule has 0 bridgehead atoms. The molecule has 0 saturated heterocycles. The summed E-state index contributed by atoms with van der Waals surface area (Å²) in [5.74, 6) is 1.78. The summed E-state index contributed by atoms with van der Waals surface area (Å²) < 4.78 is 0. The number of aromatic amines is 1. The number of H-pyrrole nitrogens is 1. The van der Waals surface area contributed by atoms with E-state index >= 15 is 0 Å². The Hall–Kier alpha value is -3.02. The average Bonchev–Trinajstić information content (AvgIpc) is 3.13. The molecule has 3 rings (SSSR count). The van der Waals surface area contributed by atoms with Crippen LogP contribution in [-0.4, -0.2) is 42.6 Å². The second-order valence-corrected chi connectivity index (χ2v) is 6.38. The molecular formula is C21H28N6. The summed E-state index contributed by atoms with van der Waals surface area (Å²) in [6.45, 7) is 2.67. The van der Waals surface area contributed by atoms with Gasteiger partial charge in [-0.2, -0.15) is 0 Å². The van der Waals surface area contributed by atoms with Crippen LogP contribution in [0.25, 0.3) is 10.9 Å². The van der Waals surface area contributed by atoms with E-state index in [0.29, 0.717) is 0 Å². The lowest BCUT2D eigenvalue weighted by atomic mass is 10.1. The molecule has 3 aromatic rings. The minimum atomic E-state index is 0.850. The van der Waals surface area contributed by atoms with E-state index in [4.69, 9.17) is 0 Å². The fourth-order valence-corrected chi connectivity index (χ4v) is 3.02. The molecule has 0 amide bonds. The van der Waals surface area contributed by atoms with Gasteiger partial charge in [-0.05, 0) is 43.0 Å². The molecule has 0 aliphatic carbocycles. The standard InChI is InChI=1S/C21H28N6/c1-22-21(25-14-7-6-13-24-20-10-4-5-12-23-20)26-15-11-17-16-27-19-9-3-2-8-18(17)19/h2-5,8-10,12,16,27H,6-7,11,13-15H2,1H3,(H,23,24)(H2,22,25,26). The molecule has 0 fully saturated rings. The van der Waals surface area contributed by atoms with E-state index in [1.165, 1.54) is 16.5 Å². The number of anilines is 1. The number of aromatic nitrogens is 2. The predicted molar refractivity (Wildman–Crippen MR) is 113 cm³/mol. The van der Waals surface area contributed by atoms with Gasteiger partial charge >= 0.3 is 0 Å². The topological polar surface area (TPSA) is 77.1 Å². The molecule has 0 spiro atoms. The molecular weight excluding hydrogens is 336 g/mol. The number of pyridine rings is 1. The number of aliphatic imine (C=N–C) groups is 1. The van der Waals surface area contributed by atoms with Crippen LogP contribution in [0.5, 0.6) is 0 Å². The zero-order valence-electron chi connectivity index (χ0n) is 15.8. The number of rotatable bonds is 9. The highest BCUT2D eigenvalue weighted by Gasteiger charge is 2.03. The summed E-state index contributed by atoms with van der Waals surface area (Å²) >= 11 is 0. The Morgan fingerprint density at radius 3 is 2.67 bits per heavy atom. The SMILES string of the molecule is CN=C(NCCCCNc1ccccn1)NCCc1c[nH]c2ccccc12. The fraction of sp³-hybridized carbons (Fsp3) is 0.333. The molecule has 6 heteroatoms. The first-order valence-corrected chi connectivity index (χ1v) is 9.51. The van der Waals surface area contributed by atoms with Crippen LogP contribution in [0.1, 0.15) is 18.4 Å². The summed E-state index contributed by atoms with van der Waals surface area (Å²) in [4.78, 5) is 11.9. The highest BCUT2D eigenvalue weighted by atomic mass is 15.2. The van der Waals surface area contributed by atoms with Gasteiger partial charge in [0.2, 0.25) is 0 Å². The average molecular weight is 364 g/mol. The van der Waals surface area contributed by atoms with Crippen molar-refractivity contribution in [3.63, 3.8) is 0 Å². The third-order valence-electron chi connectivity index (χ3n) is 4.45. The van der Waals surface area contributed by atoms with Crippen molar-refractivity contribution in [3.8, 4) is 0 Å². The van der Waals surface area contributed by atoms with Crippen LogP contribution < -0.4 is 16.0 Å². The Kier molecular flexibility index (Phi) is 7.09. The molecule has 4 N–H and O–H groups in total. The van der Waals surface area contributed by atoms with E-state index in [-0.39, 0.29) is 0 Å². The highest BCUT2D eigenvalue weighted by Crippen LogP contribution is 2.17. The molecule has 0 saturated carbocycles. The van der Waals surface area contributed by atoms with Crippen LogP contribution in [0.15, 0.2) is 59.9 Å². The summed E-state index contributed by atoms with van der Waals surface area (Å²) in [5.41, 5.74) is 2.52. The zero-order chi connectivity index (χ0) is 18.7. The van der Waals surface area contributed by atoms with Crippen LogP contribution in [0.2, 0.25) is 0 Å². The maximum absolute atomic E-state index is 4.30. The van der Waals surface area contributed by atoms with Crippen LogP contribution in [0.4, 0.5) is 5.82 Å². The Bertz CT molecular complexity index is 840. The van der Waals surface area contributed by atoms with E-state index < -0.39 is 0 Å². The smallest absolute Gasteiger partial charge is 0.190 e. The quantitative estimate of drug-likeness (QED) is 0.267. The van der Waals surface area contributed by atoms with Crippen molar-refractivity contribution >= 4 is 22.7 Å². The third kappa shape index (κ3) is 5.74. The number of benzene rings is 1. The zero-order valence-corrected chi connectivity index (χ0v) is 15.8. The minimum absolute atomic E-state index is 0.850. The van der Waals surface area contributed by atoms with Gasteiger partial charge in [0.25, 0.3) is 0 Å². The van der Waals surface area contributed by atoms with Crippen molar-refractivity contribution in [2.24, 2.45) is 4.99 Å². The molecule has 0 aliphatic heterocycles. The Balaban J connectivity index is 1.30. The third-order valence-corrected chi connectivity index (χ3v) is 4.45. The number of nitrogens with zero attached hydrogens (tertiary/aromatic N) is 2. The largest absolute Gasteiger partial charge is 0.370 e. The van der Waals surface area contributed by atoms with Crippen LogP contribution in [-0.2, 0) is 6.42 Å². The van der Waals surface area contributed by atoms with Crippen molar-refractivity contribution in [2.75, 3.05) is 32.0 Å². The van der Waals surface area contributed by atoms with Crippen LogP contribution in [0.3, 0.4) is 0 Å². The van der Waals surface area contributed by atoms with Gasteiger partial charge in [-0.15, -0.1) is 0 Å². The molecule has 2 heterocycles. The van der Waals surface area contributed by atoms with Gasteiger partial charge in [0.1, 0.15) is 5.82 Å². The second-order valence-electron chi connectivity index (χ2n) is 6.38. The lowest BCUT2D eigenvalue weighted by molar-refractivity contribution is 0.710. The van der Waals surface area contributed by atoms with Gasteiger partial charge in [0.15, 0.2) is 5.96 Å². The number of hydrogen-bond acceptors (Lipinski definition) is 3. The minimum Gasteiger partial charge on any atom is -0.370 e. The molecule has 0 atom stereocenters. The molecule has 6 nitrogen and oxygen atoms in total. The second kappa shape index (κ2) is 10.2. The van der Waals surface area contributed by atoms with Gasteiger partial charge in [-0.1, -0.05) is 24.3 Å². The van der Waals surface area contributed by atoms with Crippen molar-refractivity contribution in [3.05, 3.63) is 60.4 Å². The number of unbranched alkanes of at least 4 members (excludes halogenated alkanes) is 1. The molecule has 0 unspecified atom stereocenters. The van der Waals surface area contributed by atoms with Gasteiger partial charge < -0.3 is 20.9 Å². The lowest BCUT2D eigenvalue weighted by Crippen LogP contribution is -2.38. The first-order valence-electron chi connectivity index (χ1n) is 9.51. The van der Waals surface area contributed by atoms with Crippen molar-refractivity contribution in [1.82, 2.24) is 20.6 Å². The van der Waals surface area contributed by atoms with Gasteiger partial charge in [0, 0.05) is 50.0 Å². The lowest BCUT2D eigenvalue weighted by Gasteiger charge is -2.12. The molecule has 1 aromatic carbocycles. The van der Waals surface area contributed by atoms with Gasteiger partial charge in [0.05, 0.1) is 0 Å². The van der Waals surface area contributed by atoms with Crippen LogP contribution in [0, 0.1) is 0 Å². The summed E-state index contributed by atoms with van der Waals surface area (Å²) in [7, 11) is 1.81. The number of guanidine groups is 1. The van der Waals surface area contributed by atoms with E-state index in [2.05, 4.69) is 61.4 Å². The van der Waals surface area contributed by atoms with Gasteiger partial charge in [-0.3, -0.25) is 4.99 Å². The maximum Gasteiger partial charge on any atom is 0.190 e. The highest BCUT2D eigenvalue weighted by molar-refractivity contribution is 5.83. The van der Waals surface area contributed by atoms with Crippen LogP contribution >= 0.6 is 0 Å². The fourth-order valence-electron chi connectivity index (χ4n) is 3.02. The number of hydrogen-bond donors (Lipinski definition) is 4. The van der Waals surface area contributed by atoms with Gasteiger partial charge in [-0.25, -0.2) is 4.98 Å². The maximum atomic E-state index is 4.30. The molecule has 142 valence electrons. The summed E-state index contributed by atoms with van der Waals surface area (Å²) in [6, 6.07) is 14.3. The number of para-hydroxylation sites is 1. The Morgan fingerprint density at radius 2 is 1.81 bits per heavy atom. The Labute approximate surface area is 160 Å². The first kappa shape index (κ1) is 18.8. The van der Waals surface area contributed by atoms with Crippen molar-refractivity contribution < 1.29 is 0 Å². The van der Waals surface area contributed by atoms with E-state index in [0.717, 1.165) is 50.7 Å². The van der Waals surface area contributed by atoms with Crippen molar-refractivity contribution in [1.29, 1.82) is 0 Å². The molecule has 0 radical (unpaired) electrons. The summed E-state index contributed by atoms with van der Waals surface area (Å²) in [6.07, 6.45) is 7.00. The number of fused-ring (bicyclic) bond motifs is 1. The normalized spacial score (nSPS) is 11.5. The monoisotopic (exact) mass is 364 g/mol. The first-order chi connectivity index (χ1) is 13.4.